The average Bonchev–Trinajstić information content (AvgIpc) is 2.19. The zero-order valence-electron chi connectivity index (χ0n) is 10.3. The molecule has 0 aliphatic carbocycles. The SMILES string of the molecule is Cc1cc(Cl)ccc1NC(CC(C)C)C(=O)O. The molecule has 0 saturated heterocycles. The number of hydrogen-bond donors (Lipinski definition) is 2. The number of carboxylic acid groups (broad SMARTS) is 1. The Morgan fingerprint density at radius 1 is 1.47 bits per heavy atom. The van der Waals surface area contributed by atoms with Gasteiger partial charge in [0.15, 0.2) is 0 Å². The summed E-state index contributed by atoms with van der Waals surface area (Å²) in [5.74, 6) is -0.496. The largest absolute Gasteiger partial charge is 0.480 e. The Balaban J connectivity index is 2.82. The van der Waals surface area contributed by atoms with Crippen molar-refractivity contribution in [2.75, 3.05) is 5.32 Å². The van der Waals surface area contributed by atoms with Crippen LogP contribution in [0.2, 0.25) is 5.02 Å². The number of rotatable bonds is 5. The summed E-state index contributed by atoms with van der Waals surface area (Å²) in [6, 6.07) is 4.83. The quantitative estimate of drug-likeness (QED) is 0.846. The van der Waals surface area contributed by atoms with Crippen LogP contribution in [0.5, 0.6) is 0 Å². The first-order chi connectivity index (χ1) is 7.90. The minimum absolute atomic E-state index is 0.330. The monoisotopic (exact) mass is 255 g/mol. The zero-order valence-corrected chi connectivity index (χ0v) is 11.1. The van der Waals surface area contributed by atoms with Crippen LogP contribution in [-0.4, -0.2) is 17.1 Å². The summed E-state index contributed by atoms with van der Waals surface area (Å²) in [5.41, 5.74) is 1.77. The lowest BCUT2D eigenvalue weighted by molar-refractivity contribution is -0.138. The molecule has 0 amide bonds. The van der Waals surface area contributed by atoms with Crippen LogP contribution in [0.3, 0.4) is 0 Å². The molecular weight excluding hydrogens is 238 g/mol. The van der Waals surface area contributed by atoms with Crippen molar-refractivity contribution in [2.24, 2.45) is 5.92 Å². The molecule has 1 aromatic rings. The maximum absolute atomic E-state index is 11.1. The Bertz CT molecular complexity index is 404. The zero-order chi connectivity index (χ0) is 13.0. The van der Waals surface area contributed by atoms with Gasteiger partial charge < -0.3 is 10.4 Å². The van der Waals surface area contributed by atoms with Gasteiger partial charge in [-0.05, 0) is 43.0 Å². The van der Waals surface area contributed by atoms with Gasteiger partial charge in [0.25, 0.3) is 0 Å². The van der Waals surface area contributed by atoms with E-state index < -0.39 is 12.0 Å². The van der Waals surface area contributed by atoms with Crippen molar-refractivity contribution >= 4 is 23.3 Å². The number of benzene rings is 1. The Hall–Kier alpha value is -1.22. The highest BCUT2D eigenvalue weighted by Gasteiger charge is 2.19. The van der Waals surface area contributed by atoms with E-state index in [-0.39, 0.29) is 0 Å². The lowest BCUT2D eigenvalue weighted by Gasteiger charge is -2.19. The van der Waals surface area contributed by atoms with Gasteiger partial charge in [-0.25, -0.2) is 4.79 Å². The summed E-state index contributed by atoms with van der Waals surface area (Å²) in [5, 5.41) is 12.8. The van der Waals surface area contributed by atoms with Crippen molar-refractivity contribution in [3.05, 3.63) is 28.8 Å². The van der Waals surface area contributed by atoms with Crippen LogP contribution in [0.4, 0.5) is 5.69 Å². The first kappa shape index (κ1) is 13.8. The van der Waals surface area contributed by atoms with E-state index in [9.17, 15) is 4.79 Å². The molecule has 0 bridgehead atoms. The topological polar surface area (TPSA) is 49.3 Å². The van der Waals surface area contributed by atoms with Gasteiger partial charge >= 0.3 is 5.97 Å². The number of carbonyl (C=O) groups is 1. The standard InChI is InChI=1S/C13H18ClNO2/c1-8(2)6-12(13(16)17)15-11-5-4-10(14)7-9(11)3/h4-5,7-8,12,15H,6H2,1-3H3,(H,16,17). The first-order valence-electron chi connectivity index (χ1n) is 5.65. The van der Waals surface area contributed by atoms with Gasteiger partial charge in [-0.15, -0.1) is 0 Å². The molecule has 0 aromatic heterocycles. The molecule has 94 valence electrons. The molecule has 0 aliphatic rings. The van der Waals surface area contributed by atoms with Crippen LogP contribution in [0.15, 0.2) is 18.2 Å². The Morgan fingerprint density at radius 3 is 2.59 bits per heavy atom. The third kappa shape index (κ3) is 4.27. The molecule has 0 heterocycles. The predicted octanol–water partition coefficient (Wildman–Crippen LogP) is 3.56. The number of nitrogens with one attached hydrogen (secondary N) is 1. The van der Waals surface area contributed by atoms with E-state index in [4.69, 9.17) is 16.7 Å². The minimum Gasteiger partial charge on any atom is -0.480 e. The van der Waals surface area contributed by atoms with Crippen molar-refractivity contribution in [2.45, 2.75) is 33.2 Å². The summed E-state index contributed by atoms with van der Waals surface area (Å²) in [4.78, 5) is 11.1. The van der Waals surface area contributed by atoms with Gasteiger partial charge in [-0.1, -0.05) is 25.4 Å². The lowest BCUT2D eigenvalue weighted by atomic mass is 10.0. The molecule has 2 N–H and O–H groups in total. The summed E-state index contributed by atoms with van der Waals surface area (Å²) < 4.78 is 0. The summed E-state index contributed by atoms with van der Waals surface area (Å²) >= 11 is 5.86. The Labute approximate surface area is 107 Å². The number of aryl methyl sites for hydroxylation is 1. The van der Waals surface area contributed by atoms with E-state index in [2.05, 4.69) is 5.32 Å². The predicted molar refractivity (Wildman–Crippen MR) is 70.7 cm³/mol. The molecule has 3 nitrogen and oxygen atoms in total. The van der Waals surface area contributed by atoms with E-state index in [0.29, 0.717) is 17.4 Å². The molecular formula is C13H18ClNO2. The molecule has 0 aliphatic heterocycles. The molecule has 1 atom stereocenters. The maximum Gasteiger partial charge on any atom is 0.326 e. The van der Waals surface area contributed by atoms with E-state index in [1.54, 1.807) is 6.07 Å². The van der Waals surface area contributed by atoms with Crippen LogP contribution in [-0.2, 0) is 4.79 Å². The van der Waals surface area contributed by atoms with Crippen molar-refractivity contribution < 1.29 is 9.90 Å². The highest BCUT2D eigenvalue weighted by Crippen LogP contribution is 2.21. The fourth-order valence-corrected chi connectivity index (χ4v) is 1.90. The molecule has 4 heteroatoms. The second-order valence-electron chi connectivity index (χ2n) is 4.62. The minimum atomic E-state index is -0.826. The molecule has 0 fully saturated rings. The second-order valence-corrected chi connectivity index (χ2v) is 5.06. The van der Waals surface area contributed by atoms with Gasteiger partial charge in [0.1, 0.15) is 6.04 Å². The number of halogens is 1. The number of aliphatic carboxylic acids is 1. The van der Waals surface area contributed by atoms with Crippen LogP contribution in [0, 0.1) is 12.8 Å². The summed E-state index contributed by atoms with van der Waals surface area (Å²) in [6.07, 6.45) is 0.595. The fraction of sp³-hybridized carbons (Fsp3) is 0.462. The van der Waals surface area contributed by atoms with Crippen molar-refractivity contribution in [3.8, 4) is 0 Å². The molecule has 0 spiro atoms. The van der Waals surface area contributed by atoms with Gasteiger partial charge in [0.2, 0.25) is 0 Å². The average molecular weight is 256 g/mol. The molecule has 0 radical (unpaired) electrons. The highest BCUT2D eigenvalue weighted by molar-refractivity contribution is 6.30. The number of hydrogen-bond acceptors (Lipinski definition) is 2. The molecule has 17 heavy (non-hydrogen) atoms. The third-order valence-corrected chi connectivity index (χ3v) is 2.76. The van der Waals surface area contributed by atoms with Crippen molar-refractivity contribution in [1.29, 1.82) is 0 Å². The van der Waals surface area contributed by atoms with Crippen molar-refractivity contribution in [1.82, 2.24) is 0 Å². The van der Waals surface area contributed by atoms with Crippen LogP contribution in [0.1, 0.15) is 25.8 Å². The fourth-order valence-electron chi connectivity index (χ4n) is 1.67. The third-order valence-electron chi connectivity index (χ3n) is 2.52. The molecule has 1 rings (SSSR count). The molecule has 1 unspecified atom stereocenters. The number of anilines is 1. The Morgan fingerprint density at radius 2 is 2.12 bits per heavy atom. The van der Waals surface area contributed by atoms with E-state index in [1.807, 2.05) is 32.9 Å². The van der Waals surface area contributed by atoms with Gasteiger partial charge in [0.05, 0.1) is 0 Å². The van der Waals surface area contributed by atoms with Gasteiger partial charge in [-0.2, -0.15) is 0 Å². The van der Waals surface area contributed by atoms with E-state index in [0.717, 1.165) is 11.3 Å². The van der Waals surface area contributed by atoms with Crippen LogP contribution in [0.25, 0.3) is 0 Å². The van der Waals surface area contributed by atoms with Crippen molar-refractivity contribution in [3.63, 3.8) is 0 Å². The second kappa shape index (κ2) is 5.92. The normalized spacial score (nSPS) is 12.5. The molecule has 1 aromatic carbocycles. The van der Waals surface area contributed by atoms with Gasteiger partial charge in [0, 0.05) is 10.7 Å². The highest BCUT2D eigenvalue weighted by atomic mass is 35.5. The van der Waals surface area contributed by atoms with Gasteiger partial charge in [-0.3, -0.25) is 0 Å². The maximum atomic E-state index is 11.1. The summed E-state index contributed by atoms with van der Waals surface area (Å²) in [7, 11) is 0. The van der Waals surface area contributed by atoms with E-state index >= 15 is 0 Å². The van der Waals surface area contributed by atoms with Crippen LogP contribution >= 0.6 is 11.6 Å². The smallest absolute Gasteiger partial charge is 0.326 e. The first-order valence-corrected chi connectivity index (χ1v) is 6.03. The van der Waals surface area contributed by atoms with Crippen LogP contribution < -0.4 is 5.32 Å². The Kier molecular flexibility index (Phi) is 4.82. The van der Waals surface area contributed by atoms with E-state index in [1.165, 1.54) is 0 Å². The lowest BCUT2D eigenvalue weighted by Crippen LogP contribution is -2.30. The summed E-state index contributed by atoms with van der Waals surface area (Å²) in [6.45, 7) is 5.92. The molecule has 0 saturated carbocycles. The number of carboxylic acids is 1.